The lowest BCUT2D eigenvalue weighted by Gasteiger charge is -2.08. The van der Waals surface area contributed by atoms with E-state index in [1.54, 1.807) is 0 Å². The Hall–Kier alpha value is -2.57. The van der Waals surface area contributed by atoms with E-state index in [0.29, 0.717) is 6.54 Å². The Morgan fingerprint density at radius 2 is 2.10 bits per heavy atom. The second-order valence-corrected chi connectivity index (χ2v) is 4.28. The number of aromatic nitrogens is 2. The number of aryl methyl sites for hydroxylation is 1. The Bertz CT molecular complexity index is 738. The van der Waals surface area contributed by atoms with Crippen molar-refractivity contribution in [3.8, 4) is 0 Å². The molecule has 7 heteroatoms. The van der Waals surface area contributed by atoms with Gasteiger partial charge >= 0.3 is 11.7 Å². The monoisotopic (exact) mass is 278 g/mol. The van der Waals surface area contributed by atoms with Crippen molar-refractivity contribution in [2.24, 2.45) is 0 Å². The highest BCUT2D eigenvalue weighted by Gasteiger charge is 2.15. The largest absolute Gasteiger partial charge is 0.478 e. The summed E-state index contributed by atoms with van der Waals surface area (Å²) in [6.45, 7) is 2.21. The van der Waals surface area contributed by atoms with Gasteiger partial charge in [-0.3, -0.25) is 9.36 Å². The van der Waals surface area contributed by atoms with Crippen molar-refractivity contribution < 1.29 is 14.3 Å². The van der Waals surface area contributed by atoms with Crippen LogP contribution in [0, 0.1) is 0 Å². The van der Waals surface area contributed by atoms with Crippen LogP contribution in [0.3, 0.4) is 0 Å². The van der Waals surface area contributed by atoms with E-state index in [1.165, 1.54) is 29.2 Å². The molecule has 0 amide bonds. The molecule has 0 saturated heterocycles. The molecule has 0 aliphatic rings. The van der Waals surface area contributed by atoms with Crippen LogP contribution in [0.5, 0.6) is 0 Å². The van der Waals surface area contributed by atoms with Crippen LogP contribution in [0.25, 0.3) is 0 Å². The molecule has 0 fully saturated rings. The number of rotatable bonds is 5. The number of hydrogen-bond acceptors (Lipinski definition) is 4. The van der Waals surface area contributed by atoms with Gasteiger partial charge in [-0.1, -0.05) is 6.92 Å². The van der Waals surface area contributed by atoms with Gasteiger partial charge in [-0.15, -0.1) is 0 Å². The topological polar surface area (TPSA) is 94.4 Å². The highest BCUT2D eigenvalue weighted by molar-refractivity contribution is 5.88. The highest BCUT2D eigenvalue weighted by atomic mass is 16.4. The average molecular weight is 278 g/mol. The SMILES string of the molecule is CCCn1ccc(=O)n(Cc2occc2C(=O)O)c1=O. The zero-order chi connectivity index (χ0) is 14.7. The van der Waals surface area contributed by atoms with E-state index in [0.717, 1.165) is 11.0 Å². The van der Waals surface area contributed by atoms with E-state index in [2.05, 4.69) is 0 Å². The van der Waals surface area contributed by atoms with Crippen LogP contribution >= 0.6 is 0 Å². The molecule has 2 aromatic heterocycles. The van der Waals surface area contributed by atoms with Gasteiger partial charge in [-0.25, -0.2) is 9.59 Å². The van der Waals surface area contributed by atoms with Gasteiger partial charge in [0.05, 0.1) is 12.8 Å². The van der Waals surface area contributed by atoms with Crippen molar-refractivity contribution in [3.63, 3.8) is 0 Å². The summed E-state index contributed by atoms with van der Waals surface area (Å²) >= 11 is 0. The molecule has 7 nitrogen and oxygen atoms in total. The molecule has 0 radical (unpaired) electrons. The van der Waals surface area contributed by atoms with Gasteiger partial charge in [0.1, 0.15) is 11.3 Å². The van der Waals surface area contributed by atoms with Crippen molar-refractivity contribution in [3.05, 3.63) is 56.8 Å². The molecule has 0 aromatic carbocycles. The van der Waals surface area contributed by atoms with Gasteiger partial charge in [0.25, 0.3) is 5.56 Å². The molecule has 2 heterocycles. The van der Waals surface area contributed by atoms with Gasteiger partial charge in [0, 0.05) is 18.8 Å². The Morgan fingerprint density at radius 3 is 2.75 bits per heavy atom. The molecule has 2 rings (SSSR count). The number of carboxylic acids is 1. The van der Waals surface area contributed by atoms with Gasteiger partial charge in [0.15, 0.2) is 0 Å². The van der Waals surface area contributed by atoms with Crippen LogP contribution in [-0.4, -0.2) is 20.2 Å². The molecule has 0 unspecified atom stereocenters. The smallest absolute Gasteiger partial charge is 0.339 e. The van der Waals surface area contributed by atoms with Crippen LogP contribution in [0.15, 0.2) is 38.6 Å². The molecule has 20 heavy (non-hydrogen) atoms. The van der Waals surface area contributed by atoms with Crippen LogP contribution < -0.4 is 11.2 Å². The summed E-state index contributed by atoms with van der Waals surface area (Å²) < 4.78 is 7.42. The molecule has 2 aromatic rings. The molecular weight excluding hydrogens is 264 g/mol. The predicted molar refractivity (Wildman–Crippen MR) is 70.0 cm³/mol. The van der Waals surface area contributed by atoms with Gasteiger partial charge < -0.3 is 14.1 Å². The zero-order valence-corrected chi connectivity index (χ0v) is 10.9. The standard InChI is InChI=1S/C13H14N2O5/c1-2-5-14-6-3-11(16)15(13(14)19)8-10-9(12(17)18)4-7-20-10/h3-4,6-7H,2,5,8H2,1H3,(H,17,18). The molecule has 0 atom stereocenters. The molecule has 0 bridgehead atoms. The fourth-order valence-electron chi connectivity index (χ4n) is 1.91. The average Bonchev–Trinajstić information content (AvgIpc) is 2.86. The molecule has 0 saturated carbocycles. The first-order valence-electron chi connectivity index (χ1n) is 6.14. The van der Waals surface area contributed by atoms with Crippen LogP contribution in [0.2, 0.25) is 0 Å². The second kappa shape index (κ2) is 5.60. The molecule has 1 N–H and O–H groups in total. The maximum absolute atomic E-state index is 12.1. The number of aromatic carboxylic acids is 1. The van der Waals surface area contributed by atoms with Crippen molar-refractivity contribution in [2.75, 3.05) is 0 Å². The number of carbonyl (C=O) groups is 1. The van der Waals surface area contributed by atoms with Gasteiger partial charge in [0.2, 0.25) is 0 Å². The first-order valence-corrected chi connectivity index (χ1v) is 6.14. The van der Waals surface area contributed by atoms with Crippen LogP contribution in [0.1, 0.15) is 29.5 Å². The second-order valence-electron chi connectivity index (χ2n) is 4.28. The first-order chi connectivity index (χ1) is 9.54. The van der Waals surface area contributed by atoms with Crippen molar-refractivity contribution in [2.45, 2.75) is 26.4 Å². The summed E-state index contributed by atoms with van der Waals surface area (Å²) in [6, 6.07) is 2.57. The Morgan fingerprint density at radius 1 is 1.35 bits per heavy atom. The Kier molecular flexibility index (Phi) is 3.88. The summed E-state index contributed by atoms with van der Waals surface area (Å²) in [6.07, 6.45) is 3.40. The predicted octanol–water partition coefficient (Wildman–Crippen LogP) is 0.760. The Balaban J connectivity index is 2.46. The number of furan rings is 1. The van der Waals surface area contributed by atoms with Gasteiger partial charge in [-0.2, -0.15) is 0 Å². The van der Waals surface area contributed by atoms with Crippen molar-refractivity contribution in [1.29, 1.82) is 0 Å². The lowest BCUT2D eigenvalue weighted by molar-refractivity contribution is 0.0694. The van der Waals surface area contributed by atoms with E-state index in [9.17, 15) is 14.4 Å². The lowest BCUT2D eigenvalue weighted by Crippen LogP contribution is -2.39. The minimum atomic E-state index is -1.16. The third kappa shape index (κ3) is 2.56. The molecule has 0 spiro atoms. The molecule has 0 aliphatic heterocycles. The van der Waals surface area contributed by atoms with E-state index in [-0.39, 0.29) is 17.9 Å². The molecule has 0 aliphatic carbocycles. The van der Waals surface area contributed by atoms with Crippen molar-refractivity contribution >= 4 is 5.97 Å². The van der Waals surface area contributed by atoms with E-state index < -0.39 is 17.2 Å². The zero-order valence-electron chi connectivity index (χ0n) is 10.9. The fourth-order valence-corrected chi connectivity index (χ4v) is 1.91. The number of hydrogen-bond donors (Lipinski definition) is 1. The van der Waals surface area contributed by atoms with E-state index in [1.807, 2.05) is 6.92 Å². The number of nitrogens with zero attached hydrogens (tertiary/aromatic N) is 2. The Labute approximate surface area is 113 Å². The van der Waals surface area contributed by atoms with Crippen LogP contribution in [0.4, 0.5) is 0 Å². The normalized spacial score (nSPS) is 10.7. The summed E-state index contributed by atoms with van der Waals surface area (Å²) in [7, 11) is 0. The summed E-state index contributed by atoms with van der Waals surface area (Å²) in [5.41, 5.74) is -1.02. The van der Waals surface area contributed by atoms with Crippen LogP contribution in [-0.2, 0) is 13.1 Å². The molecular formula is C13H14N2O5. The van der Waals surface area contributed by atoms with Gasteiger partial charge in [-0.05, 0) is 12.5 Å². The quantitative estimate of drug-likeness (QED) is 0.871. The maximum atomic E-state index is 12.1. The summed E-state index contributed by atoms with van der Waals surface area (Å²) in [5.74, 6) is -1.09. The third-order valence-electron chi connectivity index (χ3n) is 2.88. The molecule has 106 valence electrons. The fraction of sp³-hybridized carbons (Fsp3) is 0.308. The third-order valence-corrected chi connectivity index (χ3v) is 2.88. The summed E-state index contributed by atoms with van der Waals surface area (Å²) in [4.78, 5) is 34.9. The minimum Gasteiger partial charge on any atom is -0.478 e. The van der Waals surface area contributed by atoms with E-state index in [4.69, 9.17) is 9.52 Å². The highest BCUT2D eigenvalue weighted by Crippen LogP contribution is 2.10. The van der Waals surface area contributed by atoms with Crippen molar-refractivity contribution in [1.82, 2.24) is 9.13 Å². The minimum absolute atomic E-state index is 0.0535. The number of carboxylic acid groups (broad SMARTS) is 1. The first kappa shape index (κ1) is 13.9. The maximum Gasteiger partial charge on any atom is 0.339 e. The lowest BCUT2D eigenvalue weighted by atomic mass is 10.2. The summed E-state index contributed by atoms with van der Waals surface area (Å²) in [5, 5.41) is 8.98. The van der Waals surface area contributed by atoms with E-state index >= 15 is 0 Å².